The Bertz CT molecular complexity index is 1020. The van der Waals surface area contributed by atoms with Crippen LogP contribution in [0.5, 0.6) is 0 Å². The number of carbonyl (C=O) groups is 1. The molecule has 0 amide bonds. The van der Waals surface area contributed by atoms with Crippen molar-refractivity contribution in [3.8, 4) is 0 Å². The molecule has 0 radical (unpaired) electrons. The lowest BCUT2D eigenvalue weighted by molar-refractivity contribution is 0.0969. The van der Waals surface area contributed by atoms with E-state index in [9.17, 15) is 14.0 Å². The summed E-state index contributed by atoms with van der Waals surface area (Å²) >= 11 is 1.52. The van der Waals surface area contributed by atoms with Gasteiger partial charge in [0.25, 0.3) is 5.56 Å². The van der Waals surface area contributed by atoms with E-state index in [1.165, 1.54) is 34.1 Å². The second-order valence-corrected chi connectivity index (χ2v) is 7.06. The molecule has 0 bridgehead atoms. The van der Waals surface area contributed by atoms with Crippen LogP contribution in [0.15, 0.2) is 29.1 Å². The summed E-state index contributed by atoms with van der Waals surface area (Å²) in [6, 6.07) is 6.10. The van der Waals surface area contributed by atoms with E-state index >= 15 is 0 Å². The zero-order valence-corrected chi connectivity index (χ0v) is 15.2. The zero-order valence-electron chi connectivity index (χ0n) is 14.4. The summed E-state index contributed by atoms with van der Waals surface area (Å²) in [5, 5.41) is 0.558. The van der Waals surface area contributed by atoms with Gasteiger partial charge < -0.3 is 0 Å². The maximum absolute atomic E-state index is 13.4. The predicted octanol–water partition coefficient (Wildman–Crippen LogP) is 3.91. The molecular weight excluding hydrogens is 339 g/mol. The molecule has 0 aliphatic carbocycles. The highest BCUT2D eigenvalue weighted by Gasteiger charge is 2.16. The van der Waals surface area contributed by atoms with Crippen molar-refractivity contribution in [3.63, 3.8) is 0 Å². The molecule has 0 saturated carbocycles. The Balaban J connectivity index is 2.05. The highest BCUT2D eigenvalue weighted by Crippen LogP contribution is 2.22. The maximum Gasteiger partial charge on any atom is 0.262 e. The van der Waals surface area contributed by atoms with E-state index in [2.05, 4.69) is 4.98 Å². The first-order valence-electron chi connectivity index (χ1n) is 8.26. The topological polar surface area (TPSA) is 52.0 Å². The van der Waals surface area contributed by atoms with Crippen molar-refractivity contribution in [2.24, 2.45) is 0 Å². The summed E-state index contributed by atoms with van der Waals surface area (Å²) in [5.74, 6) is 0.0117. The summed E-state index contributed by atoms with van der Waals surface area (Å²) < 4.78 is 14.8. The number of hydrogen-bond donors (Lipinski definition) is 0. The maximum atomic E-state index is 13.4. The quantitative estimate of drug-likeness (QED) is 0.650. The Morgan fingerprint density at radius 1 is 1.24 bits per heavy atom. The van der Waals surface area contributed by atoms with Gasteiger partial charge in [-0.05, 0) is 43.2 Å². The van der Waals surface area contributed by atoms with Crippen molar-refractivity contribution < 1.29 is 9.18 Å². The second kappa shape index (κ2) is 6.88. The van der Waals surface area contributed by atoms with Gasteiger partial charge in [0.1, 0.15) is 16.5 Å². The van der Waals surface area contributed by atoms with Crippen LogP contribution in [0.1, 0.15) is 40.5 Å². The van der Waals surface area contributed by atoms with E-state index in [0.29, 0.717) is 28.8 Å². The molecule has 2 heterocycles. The number of ketones is 1. The summed E-state index contributed by atoms with van der Waals surface area (Å²) in [4.78, 5) is 31.8. The third-order valence-corrected chi connectivity index (χ3v) is 5.40. The van der Waals surface area contributed by atoms with Crippen molar-refractivity contribution in [2.45, 2.75) is 40.2 Å². The van der Waals surface area contributed by atoms with Crippen molar-refractivity contribution in [2.75, 3.05) is 0 Å². The summed E-state index contributed by atoms with van der Waals surface area (Å²) in [7, 11) is 0. The molecule has 0 aliphatic rings. The number of thiophene rings is 1. The number of fused-ring (bicyclic) bond motifs is 1. The number of halogens is 1. The van der Waals surface area contributed by atoms with Crippen molar-refractivity contribution >= 4 is 27.3 Å². The minimum Gasteiger partial charge on any atom is -0.292 e. The summed E-state index contributed by atoms with van der Waals surface area (Å²) in [6.45, 7) is 5.46. The molecule has 0 saturated heterocycles. The standard InChI is InChI=1S/C19H19FN2O2S/c1-4-13-9-14-18(25-13)21-17(5-2)22(19(14)24)10-16(23)12-6-7-15(20)11(3)8-12/h6-9H,4-5,10H2,1-3H3. The Kier molecular flexibility index (Phi) is 4.81. The number of Topliss-reactive ketones (excluding diaryl/α,β-unsaturated/α-hetero) is 1. The Morgan fingerprint density at radius 2 is 2.00 bits per heavy atom. The van der Waals surface area contributed by atoms with Gasteiger partial charge in [-0.25, -0.2) is 9.37 Å². The number of hydrogen-bond acceptors (Lipinski definition) is 4. The molecular formula is C19H19FN2O2S. The first kappa shape index (κ1) is 17.5. The summed E-state index contributed by atoms with van der Waals surface area (Å²) in [5.41, 5.74) is 0.616. The lowest BCUT2D eigenvalue weighted by Crippen LogP contribution is -2.28. The van der Waals surface area contributed by atoms with Crippen LogP contribution >= 0.6 is 11.3 Å². The normalized spacial score (nSPS) is 11.2. The molecule has 0 fully saturated rings. The second-order valence-electron chi connectivity index (χ2n) is 5.95. The van der Waals surface area contributed by atoms with Crippen molar-refractivity contribution in [1.29, 1.82) is 0 Å². The molecule has 2 aromatic heterocycles. The van der Waals surface area contributed by atoms with Gasteiger partial charge in [-0.15, -0.1) is 11.3 Å². The number of aromatic nitrogens is 2. The molecule has 25 heavy (non-hydrogen) atoms. The van der Waals surface area contributed by atoms with E-state index in [0.717, 1.165) is 16.1 Å². The Hall–Kier alpha value is -2.34. The van der Waals surface area contributed by atoms with Crippen LogP contribution in [0.3, 0.4) is 0 Å². The molecule has 0 atom stereocenters. The third-order valence-electron chi connectivity index (χ3n) is 4.23. The first-order valence-corrected chi connectivity index (χ1v) is 9.07. The van der Waals surface area contributed by atoms with Gasteiger partial charge in [0.2, 0.25) is 0 Å². The van der Waals surface area contributed by atoms with E-state index in [1.54, 1.807) is 6.92 Å². The number of nitrogens with zero attached hydrogens (tertiary/aromatic N) is 2. The van der Waals surface area contributed by atoms with Gasteiger partial charge in [0.15, 0.2) is 5.78 Å². The molecule has 3 rings (SSSR count). The average Bonchev–Trinajstić information content (AvgIpc) is 3.03. The number of aryl methyl sites for hydroxylation is 3. The smallest absolute Gasteiger partial charge is 0.262 e. The lowest BCUT2D eigenvalue weighted by atomic mass is 10.1. The summed E-state index contributed by atoms with van der Waals surface area (Å²) in [6.07, 6.45) is 1.40. The third kappa shape index (κ3) is 3.26. The fraction of sp³-hybridized carbons (Fsp3) is 0.316. The van der Waals surface area contributed by atoms with Gasteiger partial charge in [-0.3, -0.25) is 14.2 Å². The van der Waals surface area contributed by atoms with Crippen LogP contribution in [-0.2, 0) is 19.4 Å². The number of benzene rings is 1. The highest BCUT2D eigenvalue weighted by molar-refractivity contribution is 7.18. The van der Waals surface area contributed by atoms with Crippen LogP contribution in [-0.4, -0.2) is 15.3 Å². The highest BCUT2D eigenvalue weighted by atomic mass is 32.1. The zero-order chi connectivity index (χ0) is 18.1. The van der Waals surface area contributed by atoms with E-state index in [4.69, 9.17) is 0 Å². The van der Waals surface area contributed by atoms with Gasteiger partial charge in [0, 0.05) is 16.9 Å². The molecule has 1 aromatic carbocycles. The Labute approximate surface area is 149 Å². The molecule has 4 nitrogen and oxygen atoms in total. The fourth-order valence-corrected chi connectivity index (χ4v) is 3.74. The van der Waals surface area contributed by atoms with Gasteiger partial charge in [-0.1, -0.05) is 13.8 Å². The van der Waals surface area contributed by atoms with Crippen molar-refractivity contribution in [3.05, 3.63) is 62.3 Å². The van der Waals surface area contributed by atoms with Crippen LogP contribution in [0.4, 0.5) is 4.39 Å². The molecule has 0 N–H and O–H groups in total. The minimum absolute atomic E-state index is 0.0900. The van der Waals surface area contributed by atoms with Crippen LogP contribution in [0.2, 0.25) is 0 Å². The molecule has 3 aromatic rings. The van der Waals surface area contributed by atoms with E-state index in [-0.39, 0.29) is 23.7 Å². The van der Waals surface area contributed by atoms with Gasteiger partial charge in [-0.2, -0.15) is 0 Å². The largest absolute Gasteiger partial charge is 0.292 e. The SMILES string of the molecule is CCc1cc2c(=O)n(CC(=O)c3ccc(F)c(C)c3)c(CC)nc2s1. The molecule has 0 aliphatic heterocycles. The van der Waals surface area contributed by atoms with Crippen molar-refractivity contribution in [1.82, 2.24) is 9.55 Å². The molecule has 0 spiro atoms. The van der Waals surface area contributed by atoms with Crippen LogP contribution in [0.25, 0.3) is 10.2 Å². The Morgan fingerprint density at radius 3 is 2.64 bits per heavy atom. The lowest BCUT2D eigenvalue weighted by Gasteiger charge is -2.11. The molecule has 6 heteroatoms. The minimum atomic E-state index is -0.351. The number of carbonyl (C=O) groups excluding carboxylic acids is 1. The fourth-order valence-electron chi connectivity index (χ4n) is 2.77. The predicted molar refractivity (Wildman–Crippen MR) is 98.1 cm³/mol. The first-order chi connectivity index (χ1) is 11.9. The molecule has 0 unspecified atom stereocenters. The van der Waals surface area contributed by atoms with Gasteiger partial charge >= 0.3 is 0 Å². The average molecular weight is 358 g/mol. The van der Waals surface area contributed by atoms with E-state index < -0.39 is 0 Å². The van der Waals surface area contributed by atoms with Gasteiger partial charge in [0.05, 0.1) is 11.9 Å². The number of rotatable bonds is 5. The monoisotopic (exact) mass is 358 g/mol. The van der Waals surface area contributed by atoms with Crippen LogP contribution in [0, 0.1) is 12.7 Å². The molecule has 130 valence electrons. The van der Waals surface area contributed by atoms with Crippen LogP contribution < -0.4 is 5.56 Å². The van der Waals surface area contributed by atoms with E-state index in [1.807, 2.05) is 19.9 Å².